The minimum atomic E-state index is -0.725. The molecule has 0 aliphatic rings. The molecule has 1 heterocycles. The molecule has 1 N–H and O–H groups in total. The zero-order valence-corrected chi connectivity index (χ0v) is 8.64. The van der Waals surface area contributed by atoms with Gasteiger partial charge in [0.25, 0.3) is 5.89 Å². The molecular formula is C11H12N2O2. The van der Waals surface area contributed by atoms with E-state index >= 15 is 0 Å². The Morgan fingerprint density at radius 3 is 2.47 bits per heavy atom. The Labute approximate surface area is 87.6 Å². The van der Waals surface area contributed by atoms with Gasteiger partial charge < -0.3 is 9.63 Å². The van der Waals surface area contributed by atoms with Crippen LogP contribution in [0.25, 0.3) is 11.4 Å². The van der Waals surface area contributed by atoms with Gasteiger partial charge in [-0.15, -0.1) is 0 Å². The maximum atomic E-state index is 9.23. The minimum absolute atomic E-state index is 0.241. The highest BCUT2D eigenvalue weighted by atomic mass is 16.5. The lowest BCUT2D eigenvalue weighted by Gasteiger charge is -1.95. The smallest absolute Gasteiger partial charge is 0.255 e. The molecule has 0 saturated carbocycles. The average molecular weight is 204 g/mol. The predicted molar refractivity (Wildman–Crippen MR) is 55.1 cm³/mol. The third-order valence-electron chi connectivity index (χ3n) is 2.11. The first-order valence-electron chi connectivity index (χ1n) is 4.75. The number of hydrogen-bond donors (Lipinski definition) is 1. The summed E-state index contributed by atoms with van der Waals surface area (Å²) >= 11 is 0. The lowest BCUT2D eigenvalue weighted by Crippen LogP contribution is -1.90. The van der Waals surface area contributed by atoms with Crippen molar-refractivity contribution in [1.29, 1.82) is 0 Å². The summed E-state index contributed by atoms with van der Waals surface area (Å²) in [5, 5.41) is 13.0. The molecule has 0 aliphatic heterocycles. The van der Waals surface area contributed by atoms with Crippen LogP contribution in [-0.4, -0.2) is 15.2 Å². The molecular weight excluding hydrogens is 192 g/mol. The molecule has 0 amide bonds. The summed E-state index contributed by atoms with van der Waals surface area (Å²) in [6, 6.07) is 7.81. The van der Waals surface area contributed by atoms with Crippen LogP contribution in [0, 0.1) is 6.92 Å². The zero-order valence-electron chi connectivity index (χ0n) is 8.64. The summed E-state index contributed by atoms with van der Waals surface area (Å²) in [6.45, 7) is 3.60. The zero-order chi connectivity index (χ0) is 10.8. The highest BCUT2D eigenvalue weighted by Crippen LogP contribution is 2.18. The fourth-order valence-corrected chi connectivity index (χ4v) is 1.22. The van der Waals surface area contributed by atoms with Crippen molar-refractivity contribution in [2.75, 3.05) is 0 Å². The van der Waals surface area contributed by atoms with Crippen molar-refractivity contribution in [3.63, 3.8) is 0 Å². The number of hydrogen-bond acceptors (Lipinski definition) is 4. The molecule has 0 radical (unpaired) electrons. The molecule has 0 bridgehead atoms. The van der Waals surface area contributed by atoms with E-state index < -0.39 is 6.10 Å². The number of aliphatic hydroxyl groups excluding tert-OH is 1. The van der Waals surface area contributed by atoms with Gasteiger partial charge in [0.05, 0.1) is 0 Å². The molecule has 2 rings (SSSR count). The number of rotatable bonds is 2. The fourth-order valence-electron chi connectivity index (χ4n) is 1.22. The van der Waals surface area contributed by atoms with Crippen LogP contribution in [0.15, 0.2) is 28.8 Å². The molecule has 0 aliphatic carbocycles. The summed E-state index contributed by atoms with van der Waals surface area (Å²) in [4.78, 5) is 4.08. The third kappa shape index (κ3) is 2.05. The largest absolute Gasteiger partial charge is 0.384 e. The van der Waals surface area contributed by atoms with Gasteiger partial charge in [-0.3, -0.25) is 0 Å². The first-order valence-corrected chi connectivity index (χ1v) is 4.75. The number of aliphatic hydroxyl groups is 1. The summed E-state index contributed by atoms with van der Waals surface area (Å²) in [6.07, 6.45) is -0.725. The van der Waals surface area contributed by atoms with E-state index in [1.54, 1.807) is 6.92 Å². The molecule has 0 fully saturated rings. The Kier molecular flexibility index (Phi) is 2.51. The van der Waals surface area contributed by atoms with Crippen molar-refractivity contribution in [2.45, 2.75) is 20.0 Å². The molecule has 0 saturated heterocycles. The highest BCUT2D eigenvalue weighted by Gasteiger charge is 2.11. The summed E-state index contributed by atoms with van der Waals surface area (Å²) in [5.41, 5.74) is 2.06. The first kappa shape index (κ1) is 9.86. The maximum absolute atomic E-state index is 9.23. The summed E-state index contributed by atoms with van der Waals surface area (Å²) in [5.74, 6) is 0.747. The van der Waals surface area contributed by atoms with Crippen LogP contribution in [0.4, 0.5) is 0 Å². The van der Waals surface area contributed by atoms with E-state index in [1.807, 2.05) is 31.2 Å². The van der Waals surface area contributed by atoms with Crippen molar-refractivity contribution in [3.8, 4) is 11.4 Å². The van der Waals surface area contributed by atoms with Crippen molar-refractivity contribution in [2.24, 2.45) is 0 Å². The van der Waals surface area contributed by atoms with E-state index in [0.717, 1.165) is 5.56 Å². The van der Waals surface area contributed by atoms with E-state index in [2.05, 4.69) is 10.1 Å². The lowest BCUT2D eigenvalue weighted by molar-refractivity contribution is 0.152. The second-order valence-electron chi connectivity index (χ2n) is 3.50. The molecule has 0 spiro atoms. The van der Waals surface area contributed by atoms with Gasteiger partial charge in [-0.05, 0) is 13.8 Å². The quantitative estimate of drug-likeness (QED) is 0.813. The predicted octanol–water partition coefficient (Wildman–Crippen LogP) is 2.10. The standard InChI is InChI=1S/C11H12N2O2/c1-7-3-5-9(6-4-7)10-12-11(8(2)14)15-13-10/h3-6,8,14H,1-2H3. The summed E-state index contributed by atoms with van der Waals surface area (Å²) in [7, 11) is 0. The van der Waals surface area contributed by atoms with Gasteiger partial charge in [0, 0.05) is 5.56 Å². The Balaban J connectivity index is 2.33. The third-order valence-corrected chi connectivity index (χ3v) is 2.11. The summed E-state index contributed by atoms with van der Waals surface area (Å²) < 4.78 is 4.90. The first-order chi connectivity index (χ1) is 7.16. The maximum Gasteiger partial charge on any atom is 0.255 e. The molecule has 1 unspecified atom stereocenters. The van der Waals surface area contributed by atoms with Gasteiger partial charge in [-0.2, -0.15) is 4.98 Å². The van der Waals surface area contributed by atoms with Crippen molar-refractivity contribution >= 4 is 0 Å². The van der Waals surface area contributed by atoms with Crippen LogP contribution in [0.5, 0.6) is 0 Å². The van der Waals surface area contributed by atoms with Crippen LogP contribution in [0.1, 0.15) is 24.5 Å². The average Bonchev–Trinajstić information content (AvgIpc) is 2.68. The number of aromatic nitrogens is 2. The Morgan fingerprint density at radius 1 is 1.27 bits per heavy atom. The van der Waals surface area contributed by atoms with E-state index in [1.165, 1.54) is 5.56 Å². The van der Waals surface area contributed by atoms with E-state index in [0.29, 0.717) is 5.82 Å². The van der Waals surface area contributed by atoms with E-state index in [9.17, 15) is 5.11 Å². The van der Waals surface area contributed by atoms with Crippen molar-refractivity contribution in [3.05, 3.63) is 35.7 Å². The molecule has 4 nitrogen and oxygen atoms in total. The number of benzene rings is 1. The second kappa shape index (κ2) is 3.82. The lowest BCUT2D eigenvalue weighted by atomic mass is 10.1. The van der Waals surface area contributed by atoms with Crippen molar-refractivity contribution in [1.82, 2.24) is 10.1 Å². The monoisotopic (exact) mass is 204 g/mol. The van der Waals surface area contributed by atoms with Crippen LogP contribution in [0.2, 0.25) is 0 Å². The number of nitrogens with zero attached hydrogens (tertiary/aromatic N) is 2. The molecule has 15 heavy (non-hydrogen) atoms. The van der Waals surface area contributed by atoms with Gasteiger partial charge >= 0.3 is 0 Å². The van der Waals surface area contributed by atoms with Crippen LogP contribution < -0.4 is 0 Å². The van der Waals surface area contributed by atoms with Gasteiger partial charge in [0.15, 0.2) is 0 Å². The van der Waals surface area contributed by atoms with Crippen LogP contribution in [0.3, 0.4) is 0 Å². The molecule has 78 valence electrons. The number of aryl methyl sites for hydroxylation is 1. The Morgan fingerprint density at radius 2 is 1.93 bits per heavy atom. The van der Waals surface area contributed by atoms with E-state index in [-0.39, 0.29) is 5.89 Å². The normalized spacial score (nSPS) is 12.7. The fraction of sp³-hybridized carbons (Fsp3) is 0.273. The van der Waals surface area contributed by atoms with Gasteiger partial charge in [-0.25, -0.2) is 0 Å². The molecule has 1 atom stereocenters. The Hall–Kier alpha value is -1.68. The topological polar surface area (TPSA) is 59.2 Å². The Bertz CT molecular complexity index is 446. The van der Waals surface area contributed by atoms with E-state index in [4.69, 9.17) is 4.52 Å². The second-order valence-corrected chi connectivity index (χ2v) is 3.50. The van der Waals surface area contributed by atoms with Crippen LogP contribution >= 0.6 is 0 Å². The molecule has 1 aromatic carbocycles. The van der Waals surface area contributed by atoms with Crippen LogP contribution in [-0.2, 0) is 0 Å². The SMILES string of the molecule is Cc1ccc(-c2noc(C(C)O)n2)cc1. The highest BCUT2D eigenvalue weighted by molar-refractivity contribution is 5.54. The van der Waals surface area contributed by atoms with Crippen molar-refractivity contribution < 1.29 is 9.63 Å². The van der Waals surface area contributed by atoms with Gasteiger partial charge in [0.1, 0.15) is 6.10 Å². The molecule has 1 aromatic heterocycles. The van der Waals surface area contributed by atoms with Gasteiger partial charge in [-0.1, -0.05) is 35.0 Å². The molecule has 2 aromatic rings. The van der Waals surface area contributed by atoms with Gasteiger partial charge in [0.2, 0.25) is 5.82 Å². The molecule has 4 heteroatoms. The minimum Gasteiger partial charge on any atom is -0.384 e.